The highest BCUT2D eigenvalue weighted by Gasteiger charge is 2.43. The number of aromatic amines is 1. The van der Waals surface area contributed by atoms with Crippen molar-refractivity contribution in [1.82, 2.24) is 14.8 Å². The fraction of sp³-hybridized carbons (Fsp3) is 0.462. The smallest absolute Gasteiger partial charge is 0.343 e. The summed E-state index contributed by atoms with van der Waals surface area (Å²) in [6, 6.07) is 15.4. The molecule has 0 saturated heterocycles. The second-order valence-corrected chi connectivity index (χ2v) is 9.48. The Balaban J connectivity index is 1.56. The molecule has 1 aromatic heterocycles. The zero-order valence-corrected chi connectivity index (χ0v) is 19.2. The average Bonchev–Trinajstić information content (AvgIpc) is 3.30. The summed E-state index contributed by atoms with van der Waals surface area (Å²) >= 11 is 0. The van der Waals surface area contributed by atoms with Gasteiger partial charge in [-0.3, -0.25) is 4.57 Å². The number of rotatable bonds is 8. The minimum Gasteiger partial charge on any atom is -0.373 e. The first kappa shape index (κ1) is 23.4. The molecule has 0 radical (unpaired) electrons. The van der Waals surface area contributed by atoms with E-state index in [2.05, 4.69) is 29.3 Å². The van der Waals surface area contributed by atoms with Gasteiger partial charge in [0.15, 0.2) is 0 Å². The van der Waals surface area contributed by atoms with E-state index in [-0.39, 0.29) is 22.7 Å². The predicted molar refractivity (Wildman–Crippen MR) is 124 cm³/mol. The number of hydrogen-bond donors (Lipinski definition) is 1. The molecule has 0 unspecified atom stereocenters. The van der Waals surface area contributed by atoms with Gasteiger partial charge < -0.3 is 4.74 Å². The van der Waals surface area contributed by atoms with Crippen LogP contribution in [0.5, 0.6) is 0 Å². The van der Waals surface area contributed by atoms with Crippen LogP contribution in [-0.2, 0) is 29.0 Å². The lowest BCUT2D eigenvalue weighted by molar-refractivity contribution is 0.000763. The first-order chi connectivity index (χ1) is 15.9. The van der Waals surface area contributed by atoms with Gasteiger partial charge in [-0.25, -0.2) is 18.7 Å². The fourth-order valence-corrected chi connectivity index (χ4v) is 5.01. The Labute approximate surface area is 192 Å². The van der Waals surface area contributed by atoms with Crippen LogP contribution >= 0.6 is 0 Å². The monoisotopic (exact) mass is 455 g/mol. The fourth-order valence-electron chi connectivity index (χ4n) is 5.01. The summed E-state index contributed by atoms with van der Waals surface area (Å²) in [6.07, 6.45) is 4.59. The van der Waals surface area contributed by atoms with E-state index in [1.807, 2.05) is 25.1 Å². The number of hydrogen-bond acceptors (Lipinski definition) is 3. The zero-order chi connectivity index (χ0) is 23.5. The number of aromatic nitrogens is 3. The van der Waals surface area contributed by atoms with E-state index in [0.29, 0.717) is 17.7 Å². The van der Waals surface area contributed by atoms with Gasteiger partial charge in [-0.2, -0.15) is 5.10 Å². The quantitative estimate of drug-likeness (QED) is 0.487. The molecule has 1 atom stereocenters. The Morgan fingerprint density at radius 1 is 1.06 bits per heavy atom. The Hall–Kier alpha value is -2.80. The molecule has 176 valence electrons. The highest BCUT2D eigenvalue weighted by Crippen LogP contribution is 2.46. The lowest BCUT2D eigenvalue weighted by Gasteiger charge is -2.45. The Kier molecular flexibility index (Phi) is 6.79. The van der Waals surface area contributed by atoms with Crippen molar-refractivity contribution < 1.29 is 13.5 Å². The molecule has 1 N–H and O–H groups in total. The highest BCUT2D eigenvalue weighted by atomic mass is 19.1. The normalized spacial score (nSPS) is 24.0. The Bertz CT molecular complexity index is 1100. The molecule has 2 aromatic carbocycles. The second-order valence-electron chi connectivity index (χ2n) is 9.48. The maximum Gasteiger partial charge on any atom is 0.343 e. The van der Waals surface area contributed by atoms with Gasteiger partial charge in [-0.1, -0.05) is 48.5 Å². The minimum absolute atomic E-state index is 0.189. The van der Waals surface area contributed by atoms with Gasteiger partial charge in [0.2, 0.25) is 0 Å². The molecule has 7 heteroatoms. The van der Waals surface area contributed by atoms with E-state index >= 15 is 0 Å². The van der Waals surface area contributed by atoms with Gasteiger partial charge in [-0.05, 0) is 61.8 Å². The maximum atomic E-state index is 13.3. The van der Waals surface area contributed by atoms with Crippen LogP contribution in [0.2, 0.25) is 0 Å². The van der Waals surface area contributed by atoms with Gasteiger partial charge >= 0.3 is 5.69 Å². The van der Waals surface area contributed by atoms with Crippen LogP contribution in [-0.4, -0.2) is 21.4 Å². The van der Waals surface area contributed by atoms with E-state index in [1.165, 1.54) is 5.56 Å². The number of benzene rings is 2. The first-order valence-corrected chi connectivity index (χ1v) is 11.4. The van der Waals surface area contributed by atoms with E-state index in [4.69, 9.17) is 4.74 Å². The van der Waals surface area contributed by atoms with Gasteiger partial charge in [0, 0.05) is 11.0 Å². The molecule has 33 heavy (non-hydrogen) atoms. The molecule has 1 fully saturated rings. The molecular formula is C26H31F2N3O2. The van der Waals surface area contributed by atoms with E-state index in [0.717, 1.165) is 31.2 Å². The van der Waals surface area contributed by atoms with Crippen molar-refractivity contribution in [3.05, 3.63) is 87.6 Å². The summed E-state index contributed by atoms with van der Waals surface area (Å²) in [5, 5.41) is 6.41. The third-order valence-electron chi connectivity index (χ3n) is 7.27. The van der Waals surface area contributed by atoms with Crippen LogP contribution in [0.15, 0.2) is 59.7 Å². The first-order valence-electron chi connectivity index (χ1n) is 11.4. The van der Waals surface area contributed by atoms with E-state index in [9.17, 15) is 13.6 Å². The van der Waals surface area contributed by atoms with Crippen LogP contribution in [0.1, 0.15) is 67.9 Å². The lowest BCUT2D eigenvalue weighted by atomic mass is 9.65. The number of halogens is 2. The largest absolute Gasteiger partial charge is 0.373 e. The van der Waals surface area contributed by atoms with Crippen molar-refractivity contribution in [3.8, 4) is 0 Å². The Morgan fingerprint density at radius 3 is 2.24 bits per heavy atom. The van der Waals surface area contributed by atoms with Crippen molar-refractivity contribution in [2.75, 3.05) is 6.61 Å². The maximum absolute atomic E-state index is 13.3. The molecule has 0 aliphatic heterocycles. The molecule has 3 aromatic rings. The SMILES string of the molecule is C[C@@H](OC[C@]1(c2ccccc2)CC[C@@](C)(n2cn[nH]c2=O)CC1)c1cc(CF)cc(CF)c1. The van der Waals surface area contributed by atoms with Crippen molar-refractivity contribution in [3.63, 3.8) is 0 Å². The topological polar surface area (TPSA) is 59.9 Å². The van der Waals surface area contributed by atoms with Crippen molar-refractivity contribution in [2.24, 2.45) is 0 Å². The standard InChI is InChI=1S/C26H31F2N3O2/c1-19(22-13-20(15-27)12-21(14-22)16-28)33-17-26(23-6-4-3-5-7-23)10-8-25(2,9-11-26)31-18-29-30-24(31)32/h3-7,12-14,18-19H,8-11,15-17H2,1-2H3,(H,30,32)/t19-,25-,26+/m1/s1. The number of H-pyrrole nitrogens is 1. The summed E-state index contributed by atoms with van der Waals surface area (Å²) in [7, 11) is 0. The zero-order valence-electron chi connectivity index (χ0n) is 19.2. The molecule has 4 rings (SSSR count). The third-order valence-corrected chi connectivity index (χ3v) is 7.27. The summed E-state index contributed by atoms with van der Waals surface area (Å²) in [5.74, 6) is 0. The van der Waals surface area contributed by atoms with Gasteiger partial charge in [-0.15, -0.1) is 0 Å². The van der Waals surface area contributed by atoms with Crippen LogP contribution < -0.4 is 5.69 Å². The van der Waals surface area contributed by atoms with Gasteiger partial charge in [0.25, 0.3) is 0 Å². The van der Waals surface area contributed by atoms with Crippen LogP contribution in [0.3, 0.4) is 0 Å². The summed E-state index contributed by atoms with van der Waals surface area (Å²) in [4.78, 5) is 12.2. The molecule has 5 nitrogen and oxygen atoms in total. The highest BCUT2D eigenvalue weighted by molar-refractivity contribution is 5.31. The van der Waals surface area contributed by atoms with Crippen molar-refractivity contribution >= 4 is 0 Å². The van der Waals surface area contributed by atoms with Gasteiger partial charge in [0.1, 0.15) is 19.7 Å². The third kappa shape index (κ3) is 4.78. The van der Waals surface area contributed by atoms with E-state index < -0.39 is 13.3 Å². The molecule has 1 aliphatic rings. The predicted octanol–water partition coefficient (Wildman–Crippen LogP) is 5.52. The summed E-state index contributed by atoms with van der Waals surface area (Å²) in [6.45, 7) is 3.25. The number of nitrogens with one attached hydrogen (secondary N) is 1. The minimum atomic E-state index is -0.631. The summed E-state index contributed by atoms with van der Waals surface area (Å²) in [5.41, 5.74) is 2.22. The molecule has 0 spiro atoms. The lowest BCUT2D eigenvalue weighted by Crippen LogP contribution is -2.46. The van der Waals surface area contributed by atoms with Gasteiger partial charge in [0.05, 0.1) is 12.7 Å². The van der Waals surface area contributed by atoms with E-state index in [1.54, 1.807) is 29.1 Å². The van der Waals surface area contributed by atoms with Crippen molar-refractivity contribution in [2.45, 2.75) is 69.9 Å². The van der Waals surface area contributed by atoms with Crippen molar-refractivity contribution in [1.29, 1.82) is 0 Å². The molecule has 0 amide bonds. The number of nitrogens with zero attached hydrogens (tertiary/aromatic N) is 2. The van der Waals surface area contributed by atoms with Crippen LogP contribution in [0.25, 0.3) is 0 Å². The molecular weight excluding hydrogens is 424 g/mol. The molecule has 0 bridgehead atoms. The second kappa shape index (κ2) is 9.59. The Morgan fingerprint density at radius 2 is 1.70 bits per heavy atom. The molecule has 1 aliphatic carbocycles. The molecule has 1 saturated carbocycles. The number of ether oxygens (including phenoxy) is 1. The summed E-state index contributed by atoms with van der Waals surface area (Å²) < 4.78 is 34.6. The number of alkyl halides is 2. The molecule has 1 heterocycles. The van der Waals surface area contributed by atoms with Crippen LogP contribution in [0.4, 0.5) is 8.78 Å². The van der Waals surface area contributed by atoms with Crippen LogP contribution in [0, 0.1) is 0 Å². The average molecular weight is 456 g/mol.